The van der Waals surface area contributed by atoms with E-state index in [-0.39, 0.29) is 12.6 Å². The zero-order valence-corrected chi connectivity index (χ0v) is 18.0. The van der Waals surface area contributed by atoms with Crippen molar-refractivity contribution in [2.45, 2.75) is 25.0 Å². The highest BCUT2D eigenvalue weighted by Gasteiger charge is 2.15. The van der Waals surface area contributed by atoms with Crippen molar-refractivity contribution in [3.63, 3.8) is 0 Å². The average Bonchev–Trinajstić information content (AvgIpc) is 2.62. The van der Waals surface area contributed by atoms with Crippen LogP contribution in [0.5, 0.6) is 5.75 Å². The molecule has 2 aromatic rings. The van der Waals surface area contributed by atoms with Gasteiger partial charge in [0.25, 0.3) is 0 Å². The van der Waals surface area contributed by atoms with Gasteiger partial charge in [-0.05, 0) is 61.9 Å². The van der Waals surface area contributed by atoms with E-state index < -0.39 is 16.1 Å². The molecule has 9 heteroatoms. The number of ether oxygens (including phenoxy) is 1. The van der Waals surface area contributed by atoms with Crippen molar-refractivity contribution >= 4 is 38.9 Å². The molecule has 0 spiro atoms. The van der Waals surface area contributed by atoms with Crippen LogP contribution >= 0.6 is 23.2 Å². The molecule has 2 aromatic carbocycles. The first kappa shape index (κ1) is 22.8. The molecule has 0 aromatic heterocycles. The molecule has 0 amide bonds. The molecule has 0 saturated heterocycles. The Kier molecular flexibility index (Phi) is 8.39. The Morgan fingerprint density at radius 1 is 1.11 bits per heavy atom. The Morgan fingerprint density at radius 3 is 2.36 bits per heavy atom. The lowest BCUT2D eigenvalue weighted by Crippen LogP contribution is -2.34. The van der Waals surface area contributed by atoms with Crippen molar-refractivity contribution in [1.82, 2.24) is 5.32 Å². The van der Waals surface area contributed by atoms with Gasteiger partial charge in [0.05, 0.1) is 22.4 Å². The molecule has 0 aliphatic heterocycles. The fourth-order valence-corrected chi connectivity index (χ4v) is 3.56. The lowest BCUT2D eigenvalue weighted by molar-refractivity contribution is 0.0909. The fourth-order valence-electron chi connectivity index (χ4n) is 2.68. The number of aliphatic hydroxyl groups is 1. The summed E-state index contributed by atoms with van der Waals surface area (Å²) in [6.45, 7) is 0.123. The average molecular weight is 447 g/mol. The van der Waals surface area contributed by atoms with Crippen molar-refractivity contribution < 1.29 is 18.3 Å². The smallest absolute Gasteiger partial charge is 0.229 e. The van der Waals surface area contributed by atoms with E-state index in [0.717, 1.165) is 11.8 Å². The number of rotatable bonds is 10. The normalized spacial score (nSPS) is 13.8. The first-order valence-corrected chi connectivity index (χ1v) is 11.3. The number of hydrogen-bond acceptors (Lipinski definition) is 5. The summed E-state index contributed by atoms with van der Waals surface area (Å²) < 4.78 is 30.4. The van der Waals surface area contributed by atoms with Crippen LogP contribution in [0.25, 0.3) is 0 Å². The molecule has 0 aliphatic rings. The molecule has 3 N–H and O–H groups in total. The summed E-state index contributed by atoms with van der Waals surface area (Å²) in [5, 5.41) is 14.5. The van der Waals surface area contributed by atoms with Gasteiger partial charge < -0.3 is 15.2 Å². The predicted octanol–water partition coefficient (Wildman–Crippen LogP) is 3.33. The number of likely N-dealkylation sites (N-methyl/N-ethyl adjacent to an activating group) is 1. The van der Waals surface area contributed by atoms with E-state index in [4.69, 9.17) is 27.9 Å². The van der Waals surface area contributed by atoms with Gasteiger partial charge in [0.2, 0.25) is 10.0 Å². The van der Waals surface area contributed by atoms with E-state index in [0.29, 0.717) is 34.3 Å². The van der Waals surface area contributed by atoms with Gasteiger partial charge in [-0.3, -0.25) is 4.72 Å². The van der Waals surface area contributed by atoms with E-state index in [1.165, 1.54) is 0 Å². The second kappa shape index (κ2) is 10.3. The van der Waals surface area contributed by atoms with Gasteiger partial charge in [-0.1, -0.05) is 29.3 Å². The van der Waals surface area contributed by atoms with E-state index >= 15 is 0 Å². The first-order valence-electron chi connectivity index (χ1n) is 8.66. The summed E-state index contributed by atoms with van der Waals surface area (Å²) in [5.74, 6) is 0.545. The van der Waals surface area contributed by atoms with E-state index in [1.807, 2.05) is 19.2 Å². The van der Waals surface area contributed by atoms with Crippen LogP contribution in [0.3, 0.4) is 0 Å². The van der Waals surface area contributed by atoms with Crippen molar-refractivity contribution in [1.29, 1.82) is 0 Å². The minimum atomic E-state index is -3.32. The Bertz CT molecular complexity index is 876. The van der Waals surface area contributed by atoms with Crippen LogP contribution in [-0.4, -0.2) is 45.6 Å². The minimum absolute atomic E-state index is 0.0391. The third-order valence-electron chi connectivity index (χ3n) is 4.03. The van der Waals surface area contributed by atoms with Crippen LogP contribution in [-0.2, 0) is 16.4 Å². The Balaban J connectivity index is 1.84. The van der Waals surface area contributed by atoms with Crippen LogP contribution in [0.1, 0.15) is 12.0 Å². The standard InChI is InChI=1S/C19H24Cl2N2O4S/c1-22-15(9-13-3-8-18(20)19(21)10-13)11-16(24)12-27-17-6-4-14(5-7-17)23-28(2,25)26/h3-8,10,15-16,22-24H,9,11-12H2,1-2H3/t15?,16-/m0/s1. The fraction of sp³-hybridized carbons (Fsp3) is 0.368. The lowest BCUT2D eigenvalue weighted by Gasteiger charge is -2.20. The maximum atomic E-state index is 11.2. The molecular weight excluding hydrogens is 423 g/mol. The topological polar surface area (TPSA) is 87.7 Å². The van der Waals surface area contributed by atoms with E-state index in [1.54, 1.807) is 30.3 Å². The van der Waals surface area contributed by atoms with Crippen LogP contribution in [0.2, 0.25) is 10.0 Å². The summed E-state index contributed by atoms with van der Waals surface area (Å²) in [7, 11) is -1.48. The SMILES string of the molecule is CNC(Cc1ccc(Cl)c(Cl)c1)C[C@H](O)COc1ccc(NS(C)(=O)=O)cc1. The summed E-state index contributed by atoms with van der Waals surface area (Å²) in [4.78, 5) is 0. The predicted molar refractivity (Wildman–Crippen MR) is 114 cm³/mol. The second-order valence-electron chi connectivity index (χ2n) is 6.54. The summed E-state index contributed by atoms with van der Waals surface area (Å²) in [5.41, 5.74) is 1.48. The Morgan fingerprint density at radius 2 is 1.79 bits per heavy atom. The van der Waals surface area contributed by atoms with Gasteiger partial charge in [0.1, 0.15) is 12.4 Å². The van der Waals surface area contributed by atoms with Crippen molar-refractivity contribution in [3.8, 4) is 5.75 Å². The number of sulfonamides is 1. The van der Waals surface area contributed by atoms with Gasteiger partial charge in [-0.25, -0.2) is 8.42 Å². The lowest BCUT2D eigenvalue weighted by atomic mass is 10.0. The number of benzene rings is 2. The summed E-state index contributed by atoms with van der Waals surface area (Å²) in [6, 6.07) is 12.0. The van der Waals surface area contributed by atoms with E-state index in [9.17, 15) is 13.5 Å². The molecule has 0 radical (unpaired) electrons. The van der Waals surface area contributed by atoms with Crippen molar-refractivity contribution in [3.05, 3.63) is 58.1 Å². The van der Waals surface area contributed by atoms with Crippen LogP contribution in [0.15, 0.2) is 42.5 Å². The molecule has 28 heavy (non-hydrogen) atoms. The molecule has 0 aliphatic carbocycles. The molecule has 0 bridgehead atoms. The third kappa shape index (κ3) is 7.85. The molecule has 2 atom stereocenters. The number of nitrogens with one attached hydrogen (secondary N) is 2. The molecule has 0 fully saturated rings. The zero-order valence-electron chi connectivity index (χ0n) is 15.7. The maximum Gasteiger partial charge on any atom is 0.229 e. The molecule has 6 nitrogen and oxygen atoms in total. The van der Waals surface area contributed by atoms with Crippen LogP contribution < -0.4 is 14.8 Å². The number of aliphatic hydroxyl groups excluding tert-OH is 1. The van der Waals surface area contributed by atoms with Gasteiger partial charge in [-0.15, -0.1) is 0 Å². The molecule has 2 rings (SSSR count). The molecule has 0 heterocycles. The highest BCUT2D eigenvalue weighted by molar-refractivity contribution is 7.92. The third-order valence-corrected chi connectivity index (χ3v) is 5.38. The quantitative estimate of drug-likeness (QED) is 0.520. The largest absolute Gasteiger partial charge is 0.491 e. The van der Waals surface area contributed by atoms with E-state index in [2.05, 4.69) is 10.0 Å². The summed E-state index contributed by atoms with van der Waals surface area (Å²) in [6.07, 6.45) is 1.60. The molecule has 154 valence electrons. The molecule has 1 unspecified atom stereocenters. The highest BCUT2D eigenvalue weighted by atomic mass is 35.5. The highest BCUT2D eigenvalue weighted by Crippen LogP contribution is 2.23. The zero-order chi connectivity index (χ0) is 20.7. The van der Waals surface area contributed by atoms with Gasteiger partial charge in [-0.2, -0.15) is 0 Å². The number of hydrogen-bond donors (Lipinski definition) is 3. The molecular formula is C19H24Cl2N2O4S. The van der Waals surface area contributed by atoms with Crippen LogP contribution in [0.4, 0.5) is 5.69 Å². The monoisotopic (exact) mass is 446 g/mol. The van der Waals surface area contributed by atoms with Crippen molar-refractivity contribution in [2.24, 2.45) is 0 Å². The van der Waals surface area contributed by atoms with Gasteiger partial charge >= 0.3 is 0 Å². The van der Waals surface area contributed by atoms with Gasteiger partial charge in [0, 0.05) is 11.7 Å². The Hall–Kier alpha value is -1.51. The summed E-state index contributed by atoms with van der Waals surface area (Å²) >= 11 is 12.0. The van der Waals surface area contributed by atoms with Gasteiger partial charge in [0.15, 0.2) is 0 Å². The minimum Gasteiger partial charge on any atom is -0.491 e. The van der Waals surface area contributed by atoms with Crippen LogP contribution in [0, 0.1) is 0 Å². The first-order chi connectivity index (χ1) is 13.2. The number of halogens is 2. The number of anilines is 1. The maximum absolute atomic E-state index is 11.2. The van der Waals surface area contributed by atoms with Crippen molar-refractivity contribution in [2.75, 3.05) is 24.6 Å². The second-order valence-corrected chi connectivity index (χ2v) is 9.10. The molecule has 0 saturated carbocycles. The Labute approximate surface area is 175 Å².